The minimum atomic E-state index is 0.990. The van der Waals surface area contributed by atoms with Crippen molar-refractivity contribution in [2.45, 2.75) is 13.8 Å². The first kappa shape index (κ1) is 10.5. The lowest BCUT2D eigenvalue weighted by atomic mass is 10.3. The van der Waals surface area contributed by atoms with Crippen molar-refractivity contribution in [2.75, 3.05) is 11.9 Å². The second-order valence-electron chi connectivity index (χ2n) is 2.12. The zero-order valence-corrected chi connectivity index (χ0v) is 7.54. The molecule has 1 aromatic carbocycles. The van der Waals surface area contributed by atoms with Crippen LogP contribution in [-0.4, -0.2) is 6.54 Å². The Balaban J connectivity index is 0.000000354. The summed E-state index contributed by atoms with van der Waals surface area (Å²) in [6.07, 6.45) is 0. The van der Waals surface area contributed by atoms with Crippen molar-refractivity contribution < 1.29 is 0 Å². The van der Waals surface area contributed by atoms with Gasteiger partial charge in [0.1, 0.15) is 0 Å². The van der Waals surface area contributed by atoms with Crippen LogP contribution in [0, 0.1) is 11.3 Å². The normalized spacial score (nSPS) is 7.42. The molecule has 0 aliphatic heterocycles. The minimum Gasteiger partial charge on any atom is -0.385 e. The molecule has 2 nitrogen and oxygen atoms in total. The number of nitriles is 1. The number of nitrogens with one attached hydrogen (secondary N) is 1. The van der Waals surface area contributed by atoms with Gasteiger partial charge in [-0.2, -0.15) is 5.26 Å². The van der Waals surface area contributed by atoms with Crippen LogP contribution in [0.3, 0.4) is 0 Å². The summed E-state index contributed by atoms with van der Waals surface area (Å²) < 4.78 is 0. The van der Waals surface area contributed by atoms with Crippen molar-refractivity contribution in [1.29, 1.82) is 5.26 Å². The van der Waals surface area contributed by atoms with Crippen molar-refractivity contribution in [3.05, 3.63) is 30.3 Å². The highest BCUT2D eigenvalue weighted by Gasteiger charge is 1.81. The summed E-state index contributed by atoms with van der Waals surface area (Å²) in [4.78, 5) is 0. The van der Waals surface area contributed by atoms with E-state index in [1.807, 2.05) is 18.2 Å². The number of benzene rings is 1. The Hall–Kier alpha value is -1.49. The van der Waals surface area contributed by atoms with Crippen LogP contribution in [0.1, 0.15) is 13.8 Å². The van der Waals surface area contributed by atoms with E-state index in [2.05, 4.69) is 24.4 Å². The van der Waals surface area contributed by atoms with E-state index < -0.39 is 0 Å². The highest BCUT2D eigenvalue weighted by Crippen LogP contribution is 2.02. The van der Waals surface area contributed by atoms with Crippen molar-refractivity contribution in [3.63, 3.8) is 0 Å². The summed E-state index contributed by atoms with van der Waals surface area (Å²) in [5.41, 5.74) is 1.19. The number of nitrogens with zero attached hydrogens (tertiary/aromatic N) is 1. The van der Waals surface area contributed by atoms with E-state index >= 15 is 0 Å². The molecule has 0 fully saturated rings. The van der Waals surface area contributed by atoms with Crippen LogP contribution in [0.4, 0.5) is 5.69 Å². The molecule has 0 aromatic heterocycles. The summed E-state index contributed by atoms with van der Waals surface area (Å²) in [7, 11) is 0. The highest BCUT2D eigenvalue weighted by atomic mass is 14.8. The van der Waals surface area contributed by atoms with Gasteiger partial charge < -0.3 is 5.32 Å². The Bertz CT molecular complexity index is 223. The van der Waals surface area contributed by atoms with Gasteiger partial charge in [0.05, 0.1) is 6.07 Å². The monoisotopic (exact) mass is 162 g/mol. The van der Waals surface area contributed by atoms with E-state index in [1.165, 1.54) is 12.6 Å². The van der Waals surface area contributed by atoms with Crippen molar-refractivity contribution in [2.24, 2.45) is 0 Å². The molecular formula is C10H14N2. The van der Waals surface area contributed by atoms with Gasteiger partial charge in [-0.25, -0.2) is 0 Å². The fourth-order valence-electron chi connectivity index (χ4n) is 0.760. The number of hydrogen-bond donors (Lipinski definition) is 1. The molecule has 0 saturated carbocycles. The molecule has 0 aliphatic carbocycles. The van der Waals surface area contributed by atoms with Gasteiger partial charge in [0.25, 0.3) is 0 Å². The van der Waals surface area contributed by atoms with Crippen LogP contribution in [-0.2, 0) is 0 Å². The zero-order chi connectivity index (χ0) is 9.23. The van der Waals surface area contributed by atoms with E-state index in [9.17, 15) is 0 Å². The van der Waals surface area contributed by atoms with Gasteiger partial charge in [-0.3, -0.25) is 0 Å². The lowest BCUT2D eigenvalue weighted by molar-refractivity contribution is 1.21. The fourth-order valence-corrected chi connectivity index (χ4v) is 0.760. The van der Waals surface area contributed by atoms with E-state index in [1.54, 1.807) is 6.07 Å². The van der Waals surface area contributed by atoms with E-state index in [0.717, 1.165) is 6.54 Å². The average molecular weight is 162 g/mol. The molecule has 0 bridgehead atoms. The summed E-state index contributed by atoms with van der Waals surface area (Å²) in [5, 5.41) is 10.5. The molecule has 0 heterocycles. The standard InChI is InChI=1S/C8H11N.C2H3N/c1-2-9-8-6-4-3-5-7-8;1-2-3/h3-7,9H,2H2,1H3;1H3. The minimum absolute atomic E-state index is 0.990. The van der Waals surface area contributed by atoms with Gasteiger partial charge in [-0.05, 0) is 19.1 Å². The molecule has 1 N–H and O–H groups in total. The summed E-state index contributed by atoms with van der Waals surface area (Å²) in [6.45, 7) is 4.51. The molecule has 0 spiro atoms. The zero-order valence-electron chi connectivity index (χ0n) is 7.54. The molecule has 12 heavy (non-hydrogen) atoms. The Morgan fingerprint density at radius 1 is 1.33 bits per heavy atom. The summed E-state index contributed by atoms with van der Waals surface area (Å²) >= 11 is 0. The number of rotatable bonds is 2. The number of anilines is 1. The van der Waals surface area contributed by atoms with Crippen LogP contribution in [0.2, 0.25) is 0 Å². The Kier molecular flexibility index (Phi) is 6.67. The highest BCUT2D eigenvalue weighted by molar-refractivity contribution is 5.41. The Morgan fingerprint density at radius 2 is 1.83 bits per heavy atom. The van der Waals surface area contributed by atoms with Crippen LogP contribution < -0.4 is 5.32 Å². The molecule has 0 atom stereocenters. The maximum atomic E-state index is 7.32. The maximum Gasteiger partial charge on any atom is 0.0587 e. The van der Waals surface area contributed by atoms with Gasteiger partial charge in [0, 0.05) is 19.2 Å². The quantitative estimate of drug-likeness (QED) is 0.725. The third-order valence-corrected chi connectivity index (χ3v) is 1.15. The van der Waals surface area contributed by atoms with Crippen molar-refractivity contribution in [1.82, 2.24) is 0 Å². The molecule has 64 valence electrons. The molecule has 1 aromatic rings. The van der Waals surface area contributed by atoms with Gasteiger partial charge in [0.2, 0.25) is 0 Å². The van der Waals surface area contributed by atoms with E-state index in [0.29, 0.717) is 0 Å². The first-order valence-electron chi connectivity index (χ1n) is 3.94. The Morgan fingerprint density at radius 3 is 2.25 bits per heavy atom. The van der Waals surface area contributed by atoms with Crippen LogP contribution >= 0.6 is 0 Å². The van der Waals surface area contributed by atoms with Crippen LogP contribution in [0.5, 0.6) is 0 Å². The predicted octanol–water partition coefficient (Wildman–Crippen LogP) is 2.65. The fraction of sp³-hybridized carbons (Fsp3) is 0.300. The first-order chi connectivity index (χ1) is 5.85. The smallest absolute Gasteiger partial charge is 0.0587 e. The molecule has 0 aliphatic rings. The van der Waals surface area contributed by atoms with Gasteiger partial charge in [-0.15, -0.1) is 0 Å². The predicted molar refractivity (Wildman–Crippen MR) is 51.9 cm³/mol. The average Bonchev–Trinajstić information content (AvgIpc) is 2.08. The van der Waals surface area contributed by atoms with Gasteiger partial charge in [-0.1, -0.05) is 18.2 Å². The number of hydrogen-bond acceptors (Lipinski definition) is 2. The molecule has 2 heteroatoms. The third-order valence-electron chi connectivity index (χ3n) is 1.15. The molecular weight excluding hydrogens is 148 g/mol. The van der Waals surface area contributed by atoms with E-state index in [-0.39, 0.29) is 0 Å². The van der Waals surface area contributed by atoms with Crippen molar-refractivity contribution in [3.8, 4) is 6.07 Å². The molecule has 0 saturated heterocycles. The van der Waals surface area contributed by atoms with Gasteiger partial charge >= 0.3 is 0 Å². The Labute approximate surface area is 73.8 Å². The number of para-hydroxylation sites is 1. The largest absolute Gasteiger partial charge is 0.385 e. The molecule has 0 radical (unpaired) electrons. The first-order valence-corrected chi connectivity index (χ1v) is 3.94. The van der Waals surface area contributed by atoms with Crippen LogP contribution in [0.15, 0.2) is 30.3 Å². The summed E-state index contributed by atoms with van der Waals surface area (Å²) in [6, 6.07) is 11.9. The molecule has 0 unspecified atom stereocenters. The lowest BCUT2D eigenvalue weighted by Crippen LogP contribution is -1.94. The molecule has 0 amide bonds. The molecule has 1 rings (SSSR count). The maximum absolute atomic E-state index is 7.32. The summed E-state index contributed by atoms with van der Waals surface area (Å²) in [5.74, 6) is 0. The van der Waals surface area contributed by atoms with Crippen molar-refractivity contribution >= 4 is 5.69 Å². The topological polar surface area (TPSA) is 35.8 Å². The van der Waals surface area contributed by atoms with Crippen LogP contribution in [0.25, 0.3) is 0 Å². The second kappa shape index (κ2) is 7.62. The lowest BCUT2D eigenvalue weighted by Gasteiger charge is -1.99. The second-order valence-corrected chi connectivity index (χ2v) is 2.12. The van der Waals surface area contributed by atoms with E-state index in [4.69, 9.17) is 5.26 Å². The van der Waals surface area contributed by atoms with Gasteiger partial charge in [0.15, 0.2) is 0 Å². The third kappa shape index (κ3) is 5.31. The SMILES string of the molecule is CC#N.CCNc1ccccc1.